The number of esters is 1. The molecule has 0 aliphatic heterocycles. The number of benzene rings is 1. The summed E-state index contributed by atoms with van der Waals surface area (Å²) in [6, 6.07) is 3.78. The van der Waals surface area contributed by atoms with Gasteiger partial charge < -0.3 is 9.29 Å². The average molecular weight is 367 g/mol. The van der Waals surface area contributed by atoms with Crippen molar-refractivity contribution < 1.29 is 73.9 Å². The fraction of sp³-hybridized carbons (Fsp3) is 0.562. The third kappa shape index (κ3) is 9.33. The van der Waals surface area contributed by atoms with Crippen molar-refractivity contribution in [2.75, 3.05) is 0 Å². The zero-order valence-electron chi connectivity index (χ0n) is 14.1. The van der Waals surface area contributed by atoms with Gasteiger partial charge in [-0.3, -0.25) is 4.79 Å². The number of unbranched alkanes of at least 4 members (excludes halogenated alkanes) is 5. The van der Waals surface area contributed by atoms with E-state index in [4.69, 9.17) is 4.74 Å². The number of rotatable bonds is 9. The molecular weight excluding hydrogens is 343 g/mol. The van der Waals surface area contributed by atoms with Crippen LogP contribution in [0.3, 0.4) is 0 Å². The zero-order chi connectivity index (χ0) is 16.6. The van der Waals surface area contributed by atoms with E-state index in [1.807, 2.05) is 0 Å². The van der Waals surface area contributed by atoms with Gasteiger partial charge in [-0.2, -0.15) is 0 Å². The minimum absolute atomic E-state index is 0. The molecule has 0 unspecified atom stereocenters. The Kier molecular flexibility index (Phi) is 11.9. The van der Waals surface area contributed by atoms with Gasteiger partial charge in [0.1, 0.15) is 15.9 Å². The Morgan fingerprint density at radius 3 is 2.35 bits per heavy atom. The second-order valence-corrected chi connectivity index (χ2v) is 6.75. The van der Waals surface area contributed by atoms with Gasteiger partial charge in [0.2, 0.25) is 0 Å². The fourth-order valence-electron chi connectivity index (χ4n) is 2.07. The summed E-state index contributed by atoms with van der Waals surface area (Å²) >= 11 is 0. The molecule has 0 heterocycles. The predicted octanol–water partition coefficient (Wildman–Crippen LogP) is 0.559. The molecule has 23 heavy (non-hydrogen) atoms. The van der Waals surface area contributed by atoms with Crippen LogP contribution in [0, 0.1) is 6.92 Å². The van der Waals surface area contributed by atoms with Crippen LogP contribution in [-0.2, 0) is 14.9 Å². The number of hydrogen-bond acceptors (Lipinski definition) is 5. The van der Waals surface area contributed by atoms with Crippen LogP contribution in [0.5, 0.6) is 5.75 Å². The zero-order valence-corrected chi connectivity index (χ0v) is 18.1. The normalized spacial score (nSPS) is 10.9. The Labute approximate surface area is 181 Å². The molecule has 0 aliphatic rings. The van der Waals surface area contributed by atoms with E-state index in [0.29, 0.717) is 12.0 Å². The summed E-state index contributed by atoms with van der Waals surface area (Å²) < 4.78 is 38.1. The van der Waals surface area contributed by atoms with Gasteiger partial charge >= 0.3 is 57.4 Å². The summed E-state index contributed by atoms with van der Waals surface area (Å²) in [6.45, 7) is 3.84. The van der Waals surface area contributed by atoms with Crippen LogP contribution < -0.4 is 56.1 Å². The molecule has 0 atom stereocenters. The van der Waals surface area contributed by atoms with E-state index in [1.165, 1.54) is 31.4 Å². The molecule has 124 valence electrons. The van der Waals surface area contributed by atoms with E-state index < -0.39 is 16.1 Å². The summed E-state index contributed by atoms with van der Waals surface area (Å²) in [5.74, 6) is -0.271. The fourth-order valence-corrected chi connectivity index (χ4v) is 2.56. The Bertz CT molecular complexity index is 598. The summed E-state index contributed by atoms with van der Waals surface area (Å²) in [5.41, 5.74) is 0.615. The molecule has 0 fully saturated rings. The molecule has 0 saturated heterocycles. The first-order valence-electron chi connectivity index (χ1n) is 7.62. The molecule has 0 N–H and O–H groups in total. The molecule has 0 radical (unpaired) electrons. The van der Waals surface area contributed by atoms with E-state index in [2.05, 4.69) is 6.92 Å². The third-order valence-corrected chi connectivity index (χ3v) is 4.24. The molecule has 1 aromatic carbocycles. The van der Waals surface area contributed by atoms with E-state index in [-0.39, 0.29) is 62.0 Å². The van der Waals surface area contributed by atoms with Gasteiger partial charge in [0, 0.05) is 6.42 Å². The summed E-state index contributed by atoms with van der Waals surface area (Å²) in [4.78, 5) is 11.4. The largest absolute Gasteiger partial charge is 1.00 e. The number of aryl methyl sites for hydroxylation is 1. The second-order valence-electron chi connectivity index (χ2n) is 5.37. The Morgan fingerprint density at radius 1 is 1.13 bits per heavy atom. The van der Waals surface area contributed by atoms with Crippen LogP contribution in [0.15, 0.2) is 23.1 Å². The first-order chi connectivity index (χ1) is 10.3. The molecule has 0 aliphatic carbocycles. The number of ether oxygens (including phenoxy) is 1. The van der Waals surface area contributed by atoms with Crippen molar-refractivity contribution in [3.05, 3.63) is 23.8 Å². The molecular formula is C16H23KO5S. The van der Waals surface area contributed by atoms with Crippen molar-refractivity contribution in [2.45, 2.75) is 63.7 Å². The maximum absolute atomic E-state index is 11.8. The maximum atomic E-state index is 11.8. The molecule has 0 saturated carbocycles. The van der Waals surface area contributed by atoms with Crippen molar-refractivity contribution in [3.63, 3.8) is 0 Å². The first-order valence-corrected chi connectivity index (χ1v) is 9.02. The molecule has 0 bridgehead atoms. The number of carbonyl (C=O) groups excluding carboxylic acids is 1. The monoisotopic (exact) mass is 366 g/mol. The number of carbonyl (C=O) groups is 1. The van der Waals surface area contributed by atoms with Crippen molar-refractivity contribution >= 4 is 16.1 Å². The third-order valence-electron chi connectivity index (χ3n) is 3.41. The van der Waals surface area contributed by atoms with Gasteiger partial charge in [0.15, 0.2) is 0 Å². The standard InChI is InChI=1S/C16H24O5S.K/c1-3-4-5-6-7-8-9-16(17)21-15-12-14(22(18,19)20)11-10-13(15)2;/h10-12H,3-9H2,1-2H3,(H,18,19,20);/q;+1/p-1. The molecule has 7 heteroatoms. The van der Waals surface area contributed by atoms with Gasteiger partial charge in [-0.15, -0.1) is 0 Å². The van der Waals surface area contributed by atoms with Crippen LogP contribution in [-0.4, -0.2) is 18.9 Å². The predicted molar refractivity (Wildman–Crippen MR) is 82.8 cm³/mol. The van der Waals surface area contributed by atoms with E-state index in [9.17, 15) is 17.8 Å². The van der Waals surface area contributed by atoms with Crippen molar-refractivity contribution in [1.82, 2.24) is 0 Å². The van der Waals surface area contributed by atoms with Gasteiger partial charge in [-0.25, -0.2) is 8.42 Å². The number of hydrogen-bond donors (Lipinski definition) is 0. The van der Waals surface area contributed by atoms with Crippen LogP contribution >= 0.6 is 0 Å². The average Bonchev–Trinajstić information content (AvgIpc) is 2.44. The van der Waals surface area contributed by atoms with Gasteiger partial charge in [0.25, 0.3) is 0 Å². The van der Waals surface area contributed by atoms with Crippen LogP contribution in [0.1, 0.15) is 57.4 Å². The summed E-state index contributed by atoms with van der Waals surface area (Å²) in [7, 11) is -4.55. The Morgan fingerprint density at radius 2 is 1.74 bits per heavy atom. The Hall–Kier alpha value is 0.236. The summed E-state index contributed by atoms with van der Waals surface area (Å²) in [5, 5.41) is 0. The molecule has 0 aromatic heterocycles. The van der Waals surface area contributed by atoms with Crippen LogP contribution in [0.2, 0.25) is 0 Å². The molecule has 1 aromatic rings. The first kappa shape index (κ1) is 23.2. The summed E-state index contributed by atoms with van der Waals surface area (Å²) in [6.07, 6.45) is 6.68. The topological polar surface area (TPSA) is 83.5 Å². The quantitative estimate of drug-likeness (QED) is 0.210. The van der Waals surface area contributed by atoms with Crippen molar-refractivity contribution in [2.24, 2.45) is 0 Å². The van der Waals surface area contributed by atoms with Crippen molar-refractivity contribution in [3.8, 4) is 5.75 Å². The van der Waals surface area contributed by atoms with Gasteiger partial charge in [-0.1, -0.05) is 45.1 Å². The van der Waals surface area contributed by atoms with Crippen LogP contribution in [0.25, 0.3) is 0 Å². The van der Waals surface area contributed by atoms with Gasteiger partial charge in [0.05, 0.1) is 4.90 Å². The van der Waals surface area contributed by atoms with E-state index in [1.54, 1.807) is 6.92 Å². The molecule has 1 rings (SSSR count). The SMILES string of the molecule is CCCCCCCCC(=O)Oc1cc(S(=O)(=O)[O-])ccc1C.[K+]. The van der Waals surface area contributed by atoms with E-state index >= 15 is 0 Å². The smallest absolute Gasteiger partial charge is 0.744 e. The molecule has 0 spiro atoms. The van der Waals surface area contributed by atoms with E-state index in [0.717, 1.165) is 25.3 Å². The molecule has 5 nitrogen and oxygen atoms in total. The van der Waals surface area contributed by atoms with Crippen LogP contribution in [0.4, 0.5) is 0 Å². The molecule has 0 amide bonds. The maximum Gasteiger partial charge on any atom is 1.00 e. The second kappa shape index (κ2) is 11.7. The minimum Gasteiger partial charge on any atom is -0.744 e. The Balaban J connectivity index is 0.00000484. The minimum atomic E-state index is -4.55. The van der Waals surface area contributed by atoms with Crippen molar-refractivity contribution in [1.29, 1.82) is 0 Å². The van der Waals surface area contributed by atoms with Gasteiger partial charge in [-0.05, 0) is 31.0 Å².